The van der Waals surface area contributed by atoms with Crippen LogP contribution in [0.4, 0.5) is 10.1 Å². The summed E-state index contributed by atoms with van der Waals surface area (Å²) in [6.45, 7) is 4.82. The molecule has 100 valence electrons. The van der Waals surface area contributed by atoms with Gasteiger partial charge < -0.3 is 10.2 Å². The van der Waals surface area contributed by atoms with Gasteiger partial charge in [-0.05, 0) is 25.1 Å². The molecule has 2 nitrogen and oxygen atoms in total. The largest absolute Gasteiger partial charge is 0.367 e. The monoisotopic (exact) mass is 268 g/mol. The van der Waals surface area contributed by atoms with Crippen LogP contribution in [-0.2, 0) is 6.54 Å². The molecule has 0 radical (unpaired) electrons. The van der Waals surface area contributed by atoms with Gasteiger partial charge in [0.1, 0.15) is 5.82 Å². The lowest BCUT2D eigenvalue weighted by Crippen LogP contribution is -2.38. The van der Waals surface area contributed by atoms with Gasteiger partial charge in [-0.25, -0.2) is 4.39 Å². The SMILES string of the molecule is CCC1CN(c2c(F)cccc2CNC)CCS1. The lowest BCUT2D eigenvalue weighted by atomic mass is 10.1. The van der Waals surface area contributed by atoms with Gasteiger partial charge in [0.2, 0.25) is 0 Å². The lowest BCUT2D eigenvalue weighted by molar-refractivity contribution is 0.608. The number of thioether (sulfide) groups is 1. The van der Waals surface area contributed by atoms with Crippen molar-refractivity contribution in [3.63, 3.8) is 0 Å². The molecule has 1 N–H and O–H groups in total. The smallest absolute Gasteiger partial charge is 0.146 e. The van der Waals surface area contributed by atoms with E-state index in [0.29, 0.717) is 11.8 Å². The molecule has 1 aliphatic rings. The van der Waals surface area contributed by atoms with E-state index in [1.165, 1.54) is 0 Å². The average Bonchev–Trinajstić information content (AvgIpc) is 2.39. The van der Waals surface area contributed by atoms with Gasteiger partial charge in [-0.1, -0.05) is 19.1 Å². The molecule has 1 heterocycles. The Morgan fingerprint density at radius 3 is 3.06 bits per heavy atom. The zero-order valence-electron chi connectivity index (χ0n) is 11.1. The highest BCUT2D eigenvalue weighted by molar-refractivity contribution is 8.00. The molecule has 1 fully saturated rings. The Morgan fingerprint density at radius 1 is 1.50 bits per heavy atom. The van der Waals surface area contributed by atoms with Crippen molar-refractivity contribution in [3.05, 3.63) is 29.6 Å². The van der Waals surface area contributed by atoms with E-state index in [-0.39, 0.29) is 5.82 Å². The van der Waals surface area contributed by atoms with Gasteiger partial charge in [0, 0.05) is 30.6 Å². The van der Waals surface area contributed by atoms with Crippen molar-refractivity contribution in [1.29, 1.82) is 0 Å². The highest BCUT2D eigenvalue weighted by Crippen LogP contribution is 2.30. The van der Waals surface area contributed by atoms with Crippen molar-refractivity contribution >= 4 is 17.4 Å². The first-order valence-electron chi connectivity index (χ1n) is 6.54. The number of rotatable bonds is 4. The van der Waals surface area contributed by atoms with E-state index in [4.69, 9.17) is 0 Å². The zero-order valence-corrected chi connectivity index (χ0v) is 11.9. The molecule has 2 rings (SSSR count). The number of hydrogen-bond acceptors (Lipinski definition) is 3. The molecule has 1 atom stereocenters. The Hall–Kier alpha value is -0.740. The molecule has 4 heteroatoms. The fraction of sp³-hybridized carbons (Fsp3) is 0.571. The number of benzene rings is 1. The molecule has 18 heavy (non-hydrogen) atoms. The Labute approximate surface area is 113 Å². The summed E-state index contributed by atoms with van der Waals surface area (Å²) in [5.74, 6) is 0.996. The predicted molar refractivity (Wildman–Crippen MR) is 77.9 cm³/mol. The molecule has 0 bridgehead atoms. The molecule has 0 saturated carbocycles. The van der Waals surface area contributed by atoms with Gasteiger partial charge in [0.05, 0.1) is 5.69 Å². The Balaban J connectivity index is 2.25. The number of nitrogens with zero attached hydrogens (tertiary/aromatic N) is 1. The maximum Gasteiger partial charge on any atom is 0.146 e. The Morgan fingerprint density at radius 2 is 2.33 bits per heavy atom. The van der Waals surface area contributed by atoms with Crippen molar-refractivity contribution in [3.8, 4) is 0 Å². The summed E-state index contributed by atoms with van der Waals surface area (Å²) in [5.41, 5.74) is 1.85. The van der Waals surface area contributed by atoms with E-state index in [1.807, 2.05) is 24.9 Å². The second-order valence-corrected chi connectivity index (χ2v) is 6.03. The third-order valence-electron chi connectivity index (χ3n) is 3.35. The Kier molecular flexibility index (Phi) is 4.89. The van der Waals surface area contributed by atoms with Crippen LogP contribution in [0.5, 0.6) is 0 Å². The molecule has 1 aromatic rings. The first-order chi connectivity index (χ1) is 8.76. The molecule has 0 amide bonds. The minimum Gasteiger partial charge on any atom is -0.367 e. The molecule has 0 aromatic heterocycles. The van der Waals surface area contributed by atoms with Crippen LogP contribution in [-0.4, -0.2) is 31.1 Å². The van der Waals surface area contributed by atoms with Crippen LogP contribution in [0.3, 0.4) is 0 Å². The van der Waals surface area contributed by atoms with Gasteiger partial charge in [0.15, 0.2) is 0 Å². The summed E-state index contributed by atoms with van der Waals surface area (Å²) in [6, 6.07) is 5.37. The average molecular weight is 268 g/mol. The van der Waals surface area contributed by atoms with E-state index in [2.05, 4.69) is 17.1 Å². The molecule has 1 saturated heterocycles. The van der Waals surface area contributed by atoms with Crippen LogP contribution in [0.25, 0.3) is 0 Å². The van der Waals surface area contributed by atoms with Crippen LogP contribution in [0.2, 0.25) is 0 Å². The van der Waals surface area contributed by atoms with Gasteiger partial charge in [0.25, 0.3) is 0 Å². The molecule has 1 unspecified atom stereocenters. The summed E-state index contributed by atoms with van der Waals surface area (Å²) in [6.07, 6.45) is 1.15. The predicted octanol–water partition coefficient (Wildman–Crippen LogP) is 2.88. The molecule has 0 spiro atoms. The molecular formula is C14H21FN2S. The maximum absolute atomic E-state index is 14.1. The summed E-state index contributed by atoms with van der Waals surface area (Å²) < 4.78 is 14.1. The lowest BCUT2D eigenvalue weighted by Gasteiger charge is -2.35. The molecule has 0 aliphatic carbocycles. The summed E-state index contributed by atoms with van der Waals surface area (Å²) >= 11 is 2.01. The van der Waals surface area contributed by atoms with E-state index >= 15 is 0 Å². The van der Waals surface area contributed by atoms with E-state index in [9.17, 15) is 4.39 Å². The fourth-order valence-electron chi connectivity index (χ4n) is 2.42. The quantitative estimate of drug-likeness (QED) is 0.904. The molecule has 1 aliphatic heterocycles. The standard InChI is InChI=1S/C14H21FN2S/c1-3-12-10-17(7-8-18-12)14-11(9-16-2)5-4-6-13(14)15/h4-6,12,16H,3,7-10H2,1-2H3. The topological polar surface area (TPSA) is 15.3 Å². The second-order valence-electron chi connectivity index (χ2n) is 4.62. The minimum atomic E-state index is -0.0931. The van der Waals surface area contributed by atoms with E-state index in [0.717, 1.165) is 36.5 Å². The van der Waals surface area contributed by atoms with Crippen LogP contribution >= 0.6 is 11.8 Å². The Bertz CT molecular complexity index is 397. The van der Waals surface area contributed by atoms with Crippen molar-refractivity contribution < 1.29 is 4.39 Å². The van der Waals surface area contributed by atoms with Crippen molar-refractivity contribution in [2.24, 2.45) is 0 Å². The fourth-order valence-corrected chi connectivity index (χ4v) is 3.60. The van der Waals surface area contributed by atoms with E-state index < -0.39 is 0 Å². The number of halogens is 1. The number of hydrogen-bond donors (Lipinski definition) is 1. The van der Waals surface area contributed by atoms with Crippen molar-refractivity contribution in [2.75, 3.05) is 30.8 Å². The van der Waals surface area contributed by atoms with Gasteiger partial charge in [-0.2, -0.15) is 11.8 Å². The summed E-state index contributed by atoms with van der Waals surface area (Å²) in [5, 5.41) is 3.74. The van der Waals surface area contributed by atoms with Crippen LogP contribution in [0, 0.1) is 5.82 Å². The van der Waals surface area contributed by atoms with Gasteiger partial charge in [-0.3, -0.25) is 0 Å². The van der Waals surface area contributed by atoms with Crippen LogP contribution in [0.1, 0.15) is 18.9 Å². The third kappa shape index (κ3) is 2.98. The van der Waals surface area contributed by atoms with Crippen molar-refractivity contribution in [2.45, 2.75) is 25.1 Å². The van der Waals surface area contributed by atoms with Gasteiger partial charge >= 0.3 is 0 Å². The second kappa shape index (κ2) is 6.43. The number of nitrogens with one attached hydrogen (secondary N) is 1. The molecule has 1 aromatic carbocycles. The highest BCUT2D eigenvalue weighted by Gasteiger charge is 2.23. The van der Waals surface area contributed by atoms with E-state index in [1.54, 1.807) is 12.1 Å². The summed E-state index contributed by atoms with van der Waals surface area (Å²) in [7, 11) is 1.90. The molecular weight excluding hydrogens is 247 g/mol. The first-order valence-corrected chi connectivity index (χ1v) is 7.59. The third-order valence-corrected chi connectivity index (χ3v) is 4.72. The van der Waals surface area contributed by atoms with Crippen LogP contribution in [0.15, 0.2) is 18.2 Å². The number of para-hydroxylation sites is 1. The highest BCUT2D eigenvalue weighted by atomic mass is 32.2. The van der Waals surface area contributed by atoms with Crippen LogP contribution < -0.4 is 10.2 Å². The normalized spacial score (nSPS) is 20.2. The first kappa shape index (κ1) is 13.7. The number of anilines is 1. The minimum absolute atomic E-state index is 0.0931. The van der Waals surface area contributed by atoms with Crippen molar-refractivity contribution in [1.82, 2.24) is 5.32 Å². The van der Waals surface area contributed by atoms with Gasteiger partial charge in [-0.15, -0.1) is 0 Å². The zero-order chi connectivity index (χ0) is 13.0. The maximum atomic E-state index is 14.1. The summed E-state index contributed by atoms with van der Waals surface area (Å²) in [4.78, 5) is 2.21.